The molecular formula is C11H16N3O2. The molecule has 0 bridgehead atoms. The lowest BCUT2D eigenvalue weighted by Gasteiger charge is -2.33. The SMILES string of the molecule is Cc1nnc(C2=CC(C)(C)N([O])C2(C)C)o1. The molecule has 5 nitrogen and oxygen atoms in total. The summed E-state index contributed by atoms with van der Waals surface area (Å²) in [5.41, 5.74) is -0.378. The molecule has 87 valence electrons. The van der Waals surface area contributed by atoms with Crippen LogP contribution in [0.4, 0.5) is 0 Å². The fourth-order valence-electron chi connectivity index (χ4n) is 2.15. The maximum Gasteiger partial charge on any atom is 0.245 e. The molecule has 0 saturated heterocycles. The molecule has 0 aromatic carbocycles. The number of rotatable bonds is 1. The summed E-state index contributed by atoms with van der Waals surface area (Å²) in [7, 11) is 0. The number of aryl methyl sites for hydroxylation is 1. The fourth-order valence-corrected chi connectivity index (χ4v) is 2.15. The van der Waals surface area contributed by atoms with Gasteiger partial charge in [0.15, 0.2) is 0 Å². The van der Waals surface area contributed by atoms with Gasteiger partial charge in [0, 0.05) is 12.5 Å². The third-order valence-corrected chi connectivity index (χ3v) is 2.94. The second-order valence-electron chi connectivity index (χ2n) is 5.19. The number of nitrogens with zero attached hydrogens (tertiary/aromatic N) is 3. The zero-order valence-corrected chi connectivity index (χ0v) is 10.2. The maximum atomic E-state index is 12.1. The first-order valence-electron chi connectivity index (χ1n) is 5.26. The Morgan fingerprint density at radius 1 is 1.25 bits per heavy atom. The molecule has 0 aliphatic carbocycles. The smallest absolute Gasteiger partial charge is 0.245 e. The lowest BCUT2D eigenvalue weighted by atomic mass is 9.97. The van der Waals surface area contributed by atoms with Crippen molar-refractivity contribution < 1.29 is 9.62 Å². The molecule has 0 atom stereocenters. The first-order valence-corrected chi connectivity index (χ1v) is 5.26. The highest BCUT2D eigenvalue weighted by molar-refractivity contribution is 5.70. The highest BCUT2D eigenvalue weighted by Crippen LogP contribution is 2.43. The molecule has 1 aliphatic rings. The van der Waals surface area contributed by atoms with Crippen LogP contribution in [0.5, 0.6) is 0 Å². The van der Waals surface area contributed by atoms with E-state index in [-0.39, 0.29) is 0 Å². The van der Waals surface area contributed by atoms with Crippen molar-refractivity contribution >= 4 is 5.57 Å². The van der Waals surface area contributed by atoms with E-state index in [0.29, 0.717) is 11.8 Å². The van der Waals surface area contributed by atoms with Crippen LogP contribution in [0.15, 0.2) is 10.5 Å². The maximum absolute atomic E-state index is 12.1. The van der Waals surface area contributed by atoms with E-state index in [1.807, 2.05) is 33.8 Å². The van der Waals surface area contributed by atoms with Gasteiger partial charge in [-0.05, 0) is 27.7 Å². The molecule has 2 rings (SSSR count). The van der Waals surface area contributed by atoms with E-state index < -0.39 is 11.1 Å². The predicted octanol–water partition coefficient (Wildman–Crippen LogP) is 1.98. The largest absolute Gasteiger partial charge is 0.421 e. The third-order valence-electron chi connectivity index (χ3n) is 2.94. The Labute approximate surface area is 94.7 Å². The van der Waals surface area contributed by atoms with Crippen molar-refractivity contribution in [1.82, 2.24) is 15.3 Å². The molecule has 16 heavy (non-hydrogen) atoms. The molecule has 0 unspecified atom stereocenters. The van der Waals surface area contributed by atoms with Gasteiger partial charge in [0.2, 0.25) is 11.8 Å². The summed E-state index contributed by atoms with van der Waals surface area (Å²) in [6, 6.07) is 0. The van der Waals surface area contributed by atoms with Gasteiger partial charge in [-0.15, -0.1) is 20.5 Å². The van der Waals surface area contributed by atoms with E-state index in [0.717, 1.165) is 10.6 Å². The Hall–Kier alpha value is -1.20. The highest BCUT2D eigenvalue weighted by atomic mass is 16.5. The molecule has 5 heteroatoms. The lowest BCUT2D eigenvalue weighted by molar-refractivity contribution is -0.234. The first kappa shape index (κ1) is 11.3. The monoisotopic (exact) mass is 222 g/mol. The summed E-state index contributed by atoms with van der Waals surface area (Å²) in [6.07, 6.45) is 1.90. The van der Waals surface area contributed by atoms with E-state index in [9.17, 15) is 5.21 Å². The van der Waals surface area contributed by atoms with Crippen molar-refractivity contribution in [2.24, 2.45) is 0 Å². The van der Waals surface area contributed by atoms with Crippen molar-refractivity contribution in [3.63, 3.8) is 0 Å². The molecule has 1 radical (unpaired) electrons. The second-order valence-corrected chi connectivity index (χ2v) is 5.19. The molecule has 1 aliphatic heterocycles. The van der Waals surface area contributed by atoms with Gasteiger partial charge < -0.3 is 4.42 Å². The van der Waals surface area contributed by atoms with E-state index in [1.54, 1.807) is 6.92 Å². The van der Waals surface area contributed by atoms with E-state index in [1.165, 1.54) is 0 Å². The zero-order chi connectivity index (χ0) is 12.1. The highest BCUT2D eigenvalue weighted by Gasteiger charge is 2.48. The molecule has 0 amide bonds. The van der Waals surface area contributed by atoms with Gasteiger partial charge in [0.05, 0.1) is 11.1 Å². The standard InChI is InChI=1S/C11H16N3O2/c1-7-12-13-9(16-7)8-6-10(2,3)14(15)11(8,4)5/h6H,1-5H3. The Morgan fingerprint density at radius 2 is 1.88 bits per heavy atom. The third kappa shape index (κ3) is 1.47. The summed E-state index contributed by atoms with van der Waals surface area (Å²) < 4.78 is 5.39. The normalized spacial score (nSPS) is 23.5. The Kier molecular flexibility index (Phi) is 2.22. The predicted molar refractivity (Wildman–Crippen MR) is 57.7 cm³/mol. The molecule has 1 aromatic heterocycles. The summed E-state index contributed by atoms with van der Waals surface area (Å²) in [5.74, 6) is 0.947. The first-order chi connectivity index (χ1) is 7.25. The quantitative estimate of drug-likeness (QED) is 0.728. The zero-order valence-electron chi connectivity index (χ0n) is 10.2. The Bertz CT molecular complexity index is 446. The van der Waals surface area contributed by atoms with Crippen LogP contribution in [-0.2, 0) is 5.21 Å². The summed E-state index contributed by atoms with van der Waals surface area (Å²) in [5, 5.41) is 20.9. The number of aromatic nitrogens is 2. The number of hydroxylamine groups is 2. The van der Waals surface area contributed by atoms with Crippen molar-refractivity contribution in [1.29, 1.82) is 0 Å². The number of hydrogen-bond acceptors (Lipinski definition) is 4. The van der Waals surface area contributed by atoms with Gasteiger partial charge in [-0.1, -0.05) is 6.08 Å². The van der Waals surface area contributed by atoms with Crippen LogP contribution >= 0.6 is 0 Å². The van der Waals surface area contributed by atoms with Gasteiger partial charge in [0.25, 0.3) is 0 Å². The summed E-state index contributed by atoms with van der Waals surface area (Å²) in [4.78, 5) is 0. The van der Waals surface area contributed by atoms with Crippen LogP contribution in [0.1, 0.15) is 39.5 Å². The van der Waals surface area contributed by atoms with Crippen molar-refractivity contribution in [2.75, 3.05) is 0 Å². The molecule has 0 N–H and O–H groups in total. The van der Waals surface area contributed by atoms with Crippen LogP contribution in [-0.4, -0.2) is 26.3 Å². The van der Waals surface area contributed by atoms with Crippen LogP contribution in [0, 0.1) is 6.92 Å². The Morgan fingerprint density at radius 3 is 2.25 bits per heavy atom. The molecule has 1 aromatic rings. The van der Waals surface area contributed by atoms with Gasteiger partial charge in [0.1, 0.15) is 0 Å². The minimum absolute atomic E-state index is 0.439. The average molecular weight is 222 g/mol. The topological polar surface area (TPSA) is 62.1 Å². The van der Waals surface area contributed by atoms with E-state index in [2.05, 4.69) is 10.2 Å². The molecule has 0 spiro atoms. The molecular weight excluding hydrogens is 206 g/mol. The molecule has 0 saturated carbocycles. The average Bonchev–Trinajstić information content (AvgIpc) is 2.64. The van der Waals surface area contributed by atoms with Gasteiger partial charge in [-0.2, -0.15) is 0 Å². The van der Waals surface area contributed by atoms with Crippen molar-refractivity contribution in [3.8, 4) is 0 Å². The minimum atomic E-state index is -0.636. The fraction of sp³-hybridized carbons (Fsp3) is 0.636. The molecule has 2 heterocycles. The minimum Gasteiger partial charge on any atom is -0.421 e. The van der Waals surface area contributed by atoms with Crippen molar-refractivity contribution in [3.05, 3.63) is 17.9 Å². The van der Waals surface area contributed by atoms with Crippen LogP contribution in [0.2, 0.25) is 0 Å². The van der Waals surface area contributed by atoms with Gasteiger partial charge in [-0.25, -0.2) is 0 Å². The van der Waals surface area contributed by atoms with E-state index >= 15 is 0 Å². The van der Waals surface area contributed by atoms with Crippen LogP contribution < -0.4 is 0 Å². The van der Waals surface area contributed by atoms with Crippen molar-refractivity contribution in [2.45, 2.75) is 45.7 Å². The number of hydrogen-bond donors (Lipinski definition) is 0. The molecule has 0 fully saturated rings. The Balaban J connectivity index is 2.49. The summed E-state index contributed by atoms with van der Waals surface area (Å²) in [6.45, 7) is 9.20. The second kappa shape index (κ2) is 3.15. The van der Waals surface area contributed by atoms with Crippen LogP contribution in [0.3, 0.4) is 0 Å². The van der Waals surface area contributed by atoms with Gasteiger partial charge >= 0.3 is 0 Å². The van der Waals surface area contributed by atoms with Crippen LogP contribution in [0.25, 0.3) is 5.57 Å². The van der Waals surface area contributed by atoms with Gasteiger partial charge in [-0.3, -0.25) is 0 Å². The lowest BCUT2D eigenvalue weighted by Crippen LogP contribution is -2.46. The summed E-state index contributed by atoms with van der Waals surface area (Å²) >= 11 is 0. The van der Waals surface area contributed by atoms with E-state index in [4.69, 9.17) is 4.42 Å².